The Kier molecular flexibility index (Phi) is 3.84. The highest BCUT2D eigenvalue weighted by Gasteiger charge is 2.21. The van der Waals surface area contributed by atoms with Gasteiger partial charge in [0.2, 0.25) is 0 Å². The van der Waals surface area contributed by atoms with Crippen LogP contribution in [0.3, 0.4) is 0 Å². The summed E-state index contributed by atoms with van der Waals surface area (Å²) < 4.78 is 6.71. The smallest absolute Gasteiger partial charge is 0.310 e. The molecule has 0 aliphatic carbocycles. The van der Waals surface area contributed by atoms with Crippen molar-refractivity contribution in [3.8, 4) is 17.0 Å². The highest BCUT2D eigenvalue weighted by Crippen LogP contribution is 2.36. The number of aryl methyl sites for hydroxylation is 1. The number of nitrogens with two attached hydrogens (primary N) is 1. The SMILES string of the molecule is COc1cc(-c2nn(C)c(N)c2C(C)C)ccc1[N+](=O)[O-]. The zero-order chi connectivity index (χ0) is 15.7. The van der Waals surface area contributed by atoms with E-state index in [4.69, 9.17) is 10.5 Å². The number of hydrogen-bond donors (Lipinski definition) is 1. The molecule has 0 amide bonds. The maximum Gasteiger partial charge on any atom is 0.310 e. The third-order valence-corrected chi connectivity index (χ3v) is 3.36. The van der Waals surface area contributed by atoms with Gasteiger partial charge < -0.3 is 10.5 Å². The Bertz CT molecular complexity index is 692. The Morgan fingerprint density at radius 1 is 1.43 bits per heavy atom. The van der Waals surface area contributed by atoms with E-state index < -0.39 is 4.92 Å². The Morgan fingerprint density at radius 2 is 2.10 bits per heavy atom. The molecule has 2 aromatic rings. The van der Waals surface area contributed by atoms with E-state index in [0.29, 0.717) is 5.82 Å². The number of hydrogen-bond acceptors (Lipinski definition) is 5. The van der Waals surface area contributed by atoms with Gasteiger partial charge in [-0.1, -0.05) is 13.8 Å². The third-order valence-electron chi connectivity index (χ3n) is 3.36. The summed E-state index contributed by atoms with van der Waals surface area (Å²) in [6.07, 6.45) is 0. The third kappa shape index (κ3) is 2.54. The van der Waals surface area contributed by atoms with Crippen molar-refractivity contribution in [1.82, 2.24) is 9.78 Å². The van der Waals surface area contributed by atoms with Crippen LogP contribution in [-0.2, 0) is 7.05 Å². The van der Waals surface area contributed by atoms with E-state index in [1.165, 1.54) is 13.2 Å². The van der Waals surface area contributed by atoms with E-state index in [9.17, 15) is 10.1 Å². The molecule has 1 aromatic carbocycles. The molecule has 0 aliphatic rings. The highest BCUT2D eigenvalue weighted by atomic mass is 16.6. The van der Waals surface area contributed by atoms with Gasteiger partial charge >= 0.3 is 5.69 Å². The lowest BCUT2D eigenvalue weighted by atomic mass is 9.98. The molecule has 0 bridgehead atoms. The van der Waals surface area contributed by atoms with Crippen LogP contribution in [0.4, 0.5) is 11.5 Å². The van der Waals surface area contributed by atoms with Crippen LogP contribution in [0.2, 0.25) is 0 Å². The average molecular weight is 290 g/mol. The summed E-state index contributed by atoms with van der Waals surface area (Å²) in [5.41, 5.74) is 8.37. The maximum absolute atomic E-state index is 10.9. The molecule has 1 aromatic heterocycles. The van der Waals surface area contributed by atoms with Crippen molar-refractivity contribution in [2.24, 2.45) is 7.05 Å². The van der Waals surface area contributed by atoms with Gasteiger partial charge in [0, 0.05) is 24.2 Å². The Labute approximate surface area is 122 Å². The lowest BCUT2D eigenvalue weighted by Gasteiger charge is -2.08. The zero-order valence-electron chi connectivity index (χ0n) is 12.5. The molecule has 2 N–H and O–H groups in total. The van der Waals surface area contributed by atoms with E-state index in [0.717, 1.165) is 16.8 Å². The summed E-state index contributed by atoms with van der Waals surface area (Å²) in [7, 11) is 3.18. The Morgan fingerprint density at radius 3 is 2.62 bits per heavy atom. The van der Waals surface area contributed by atoms with Crippen LogP contribution >= 0.6 is 0 Å². The minimum Gasteiger partial charge on any atom is -0.490 e. The summed E-state index contributed by atoms with van der Waals surface area (Å²) in [5.74, 6) is 0.989. The summed E-state index contributed by atoms with van der Waals surface area (Å²) in [6.45, 7) is 4.05. The first-order chi connectivity index (χ1) is 9.86. The van der Waals surface area contributed by atoms with Crippen LogP contribution in [-0.4, -0.2) is 21.8 Å². The van der Waals surface area contributed by atoms with Gasteiger partial charge in [-0.2, -0.15) is 5.10 Å². The first-order valence-corrected chi connectivity index (χ1v) is 6.52. The number of nitrogens with zero attached hydrogens (tertiary/aromatic N) is 3. The molecule has 0 saturated carbocycles. The predicted molar refractivity (Wildman–Crippen MR) is 80.4 cm³/mol. The number of aromatic nitrogens is 2. The van der Waals surface area contributed by atoms with Crippen LogP contribution < -0.4 is 10.5 Å². The van der Waals surface area contributed by atoms with Crippen LogP contribution in [0.25, 0.3) is 11.3 Å². The Hall–Kier alpha value is -2.57. The lowest BCUT2D eigenvalue weighted by molar-refractivity contribution is -0.385. The largest absolute Gasteiger partial charge is 0.490 e. The number of ether oxygens (including phenoxy) is 1. The second-order valence-corrected chi connectivity index (χ2v) is 5.07. The number of nitrogen functional groups attached to an aromatic ring is 1. The van der Waals surface area contributed by atoms with Gasteiger partial charge in [-0.15, -0.1) is 0 Å². The number of nitro groups is 1. The number of nitro benzene ring substituents is 1. The fourth-order valence-corrected chi connectivity index (χ4v) is 2.31. The molecule has 7 nitrogen and oxygen atoms in total. The highest BCUT2D eigenvalue weighted by molar-refractivity contribution is 5.72. The molecule has 21 heavy (non-hydrogen) atoms. The van der Waals surface area contributed by atoms with E-state index >= 15 is 0 Å². The number of rotatable bonds is 4. The average Bonchev–Trinajstić information content (AvgIpc) is 2.74. The van der Waals surface area contributed by atoms with Crippen LogP contribution in [0, 0.1) is 10.1 Å². The van der Waals surface area contributed by atoms with E-state index in [-0.39, 0.29) is 17.4 Å². The predicted octanol–water partition coefficient (Wildman–Crippen LogP) is 2.71. The molecule has 0 atom stereocenters. The fraction of sp³-hybridized carbons (Fsp3) is 0.357. The van der Waals surface area contributed by atoms with Crippen molar-refractivity contribution in [1.29, 1.82) is 0 Å². The van der Waals surface area contributed by atoms with Crippen molar-refractivity contribution in [2.75, 3.05) is 12.8 Å². The number of benzene rings is 1. The fourth-order valence-electron chi connectivity index (χ4n) is 2.31. The molecular weight excluding hydrogens is 272 g/mol. The van der Waals surface area contributed by atoms with Crippen LogP contribution in [0.15, 0.2) is 18.2 Å². The van der Waals surface area contributed by atoms with Gasteiger partial charge in [0.05, 0.1) is 17.7 Å². The molecule has 2 rings (SSSR count). The summed E-state index contributed by atoms with van der Waals surface area (Å²) in [5, 5.41) is 15.4. The van der Waals surface area contributed by atoms with E-state index in [1.54, 1.807) is 23.9 Å². The van der Waals surface area contributed by atoms with Crippen molar-refractivity contribution >= 4 is 11.5 Å². The molecule has 0 aliphatic heterocycles. The van der Waals surface area contributed by atoms with Crippen molar-refractivity contribution in [3.05, 3.63) is 33.9 Å². The molecule has 0 spiro atoms. The van der Waals surface area contributed by atoms with Crippen molar-refractivity contribution in [3.63, 3.8) is 0 Å². The topological polar surface area (TPSA) is 96.2 Å². The van der Waals surface area contributed by atoms with Gasteiger partial charge in [-0.05, 0) is 18.1 Å². The summed E-state index contributed by atoms with van der Waals surface area (Å²) >= 11 is 0. The van der Waals surface area contributed by atoms with Gasteiger partial charge in [0.25, 0.3) is 0 Å². The second kappa shape index (κ2) is 5.43. The van der Waals surface area contributed by atoms with Gasteiger partial charge in [0.15, 0.2) is 5.75 Å². The standard InChI is InChI=1S/C14H18N4O3/c1-8(2)12-13(16-17(3)14(12)15)9-5-6-10(18(19)20)11(7-9)21-4/h5-8H,15H2,1-4H3. The first kappa shape index (κ1) is 14.8. The summed E-state index contributed by atoms with van der Waals surface area (Å²) in [6, 6.07) is 4.70. The molecule has 0 fully saturated rings. The number of anilines is 1. The minimum atomic E-state index is -0.473. The molecule has 0 radical (unpaired) electrons. The minimum absolute atomic E-state index is 0.0729. The van der Waals surface area contributed by atoms with Gasteiger partial charge in [0.1, 0.15) is 5.82 Å². The van der Waals surface area contributed by atoms with Crippen molar-refractivity contribution < 1.29 is 9.66 Å². The van der Waals surface area contributed by atoms with E-state index in [1.807, 2.05) is 13.8 Å². The molecule has 0 saturated heterocycles. The molecular formula is C14H18N4O3. The zero-order valence-corrected chi connectivity index (χ0v) is 12.5. The maximum atomic E-state index is 10.9. The van der Waals surface area contributed by atoms with E-state index in [2.05, 4.69) is 5.10 Å². The monoisotopic (exact) mass is 290 g/mol. The molecule has 112 valence electrons. The van der Waals surface area contributed by atoms with Crippen molar-refractivity contribution in [2.45, 2.75) is 19.8 Å². The van der Waals surface area contributed by atoms with Gasteiger partial charge in [-0.25, -0.2) is 0 Å². The normalized spacial score (nSPS) is 10.9. The van der Waals surface area contributed by atoms with Gasteiger partial charge in [-0.3, -0.25) is 14.8 Å². The Balaban J connectivity index is 2.63. The quantitative estimate of drug-likeness (QED) is 0.689. The first-order valence-electron chi connectivity index (χ1n) is 6.52. The number of methoxy groups -OCH3 is 1. The lowest BCUT2D eigenvalue weighted by Crippen LogP contribution is -2.00. The molecule has 1 heterocycles. The van der Waals surface area contributed by atoms with Crippen LogP contribution in [0.1, 0.15) is 25.3 Å². The molecule has 7 heteroatoms. The second-order valence-electron chi connectivity index (χ2n) is 5.07. The van der Waals surface area contributed by atoms with Crippen LogP contribution in [0.5, 0.6) is 5.75 Å². The summed E-state index contributed by atoms with van der Waals surface area (Å²) in [4.78, 5) is 10.5. The molecule has 0 unspecified atom stereocenters.